The molecule has 0 aromatic carbocycles. The molecule has 0 saturated carbocycles. The van der Waals surface area contributed by atoms with E-state index >= 15 is 0 Å². The molecule has 16 heavy (non-hydrogen) atoms. The third-order valence-corrected chi connectivity index (χ3v) is 7.89. The minimum absolute atomic E-state index is 0. The van der Waals surface area contributed by atoms with E-state index < -0.39 is 0 Å². The number of hydrogen-bond acceptors (Lipinski definition) is 1. The molecular formula is C11H20Br2OS2. The van der Waals surface area contributed by atoms with E-state index in [-0.39, 0.29) is 34.0 Å². The van der Waals surface area contributed by atoms with Crippen LogP contribution >= 0.6 is 0 Å². The van der Waals surface area contributed by atoms with Gasteiger partial charge in [-0.25, -0.2) is 0 Å². The zero-order valence-corrected chi connectivity index (χ0v) is 14.4. The number of Topliss-reactive ketones (excluding diaryl/α,β-unsaturated/α-hetero) is 1. The predicted octanol–water partition coefficient (Wildman–Crippen LogP) is -4.61. The molecule has 1 nitrogen and oxygen atoms in total. The molecule has 2 aliphatic rings. The molecular weight excluding hydrogens is 372 g/mol. The van der Waals surface area contributed by atoms with Crippen LogP contribution in [0, 0.1) is 0 Å². The standard InChI is InChI=1S/C11H20OS2.2BrH/c12-11(9-13-5-1-2-6-13)10-14-7-3-4-8-14;;/h1-10H2;2*1H/q+2;;/p-2. The summed E-state index contributed by atoms with van der Waals surface area (Å²) in [5, 5.41) is 0. The van der Waals surface area contributed by atoms with Crippen LogP contribution in [0.1, 0.15) is 25.7 Å². The first kappa shape index (κ1) is 17.3. The Hall–Kier alpha value is 1.33. The van der Waals surface area contributed by atoms with Gasteiger partial charge in [0, 0.05) is 0 Å². The first-order chi connectivity index (χ1) is 6.84. The summed E-state index contributed by atoms with van der Waals surface area (Å²) in [5.41, 5.74) is 0. The zero-order chi connectivity index (χ0) is 9.80. The van der Waals surface area contributed by atoms with Crippen molar-refractivity contribution in [2.24, 2.45) is 0 Å². The lowest BCUT2D eigenvalue weighted by atomic mass is 10.4. The largest absolute Gasteiger partial charge is 1.00 e. The lowest BCUT2D eigenvalue weighted by Gasteiger charge is -2.00. The van der Waals surface area contributed by atoms with Crippen LogP contribution in [0.25, 0.3) is 0 Å². The van der Waals surface area contributed by atoms with Gasteiger partial charge < -0.3 is 34.0 Å². The molecule has 0 spiro atoms. The molecule has 5 heteroatoms. The van der Waals surface area contributed by atoms with E-state index in [2.05, 4.69) is 0 Å². The SMILES string of the molecule is O=C(C[S+]1CCCC1)C[S+]1CCCC1.[Br-].[Br-]. The number of halogens is 2. The van der Waals surface area contributed by atoms with E-state index in [0.717, 1.165) is 11.5 Å². The lowest BCUT2D eigenvalue weighted by Crippen LogP contribution is -3.00. The predicted molar refractivity (Wildman–Crippen MR) is 67.4 cm³/mol. The molecule has 0 N–H and O–H groups in total. The Bertz CT molecular complexity index is 182. The highest BCUT2D eigenvalue weighted by Crippen LogP contribution is 2.16. The van der Waals surface area contributed by atoms with Gasteiger partial charge >= 0.3 is 0 Å². The van der Waals surface area contributed by atoms with Crippen LogP contribution in [0.4, 0.5) is 0 Å². The monoisotopic (exact) mass is 390 g/mol. The number of carbonyl (C=O) groups is 1. The first-order valence-electron chi connectivity index (χ1n) is 5.64. The van der Waals surface area contributed by atoms with E-state index in [1.807, 2.05) is 0 Å². The minimum Gasteiger partial charge on any atom is -1.00 e. The molecule has 0 bridgehead atoms. The van der Waals surface area contributed by atoms with Crippen molar-refractivity contribution < 1.29 is 38.8 Å². The highest BCUT2D eigenvalue weighted by atomic mass is 79.9. The Morgan fingerprint density at radius 3 is 1.38 bits per heavy atom. The van der Waals surface area contributed by atoms with Gasteiger partial charge in [0.05, 0.1) is 0 Å². The van der Waals surface area contributed by atoms with E-state index in [9.17, 15) is 4.79 Å². The van der Waals surface area contributed by atoms with Gasteiger partial charge in [-0.15, -0.1) is 0 Å². The number of rotatable bonds is 4. The minimum atomic E-state index is 0. The number of carbonyl (C=O) groups excluding carboxylic acids is 1. The molecule has 96 valence electrons. The highest BCUT2D eigenvalue weighted by Gasteiger charge is 2.32. The average Bonchev–Trinajstić information content (AvgIpc) is 2.76. The van der Waals surface area contributed by atoms with E-state index in [1.54, 1.807) is 0 Å². The Labute approximate surface area is 126 Å². The molecule has 2 aliphatic heterocycles. The quantitative estimate of drug-likeness (QED) is 0.441. The maximum absolute atomic E-state index is 11.8. The van der Waals surface area contributed by atoms with Crippen LogP contribution in [0.2, 0.25) is 0 Å². The summed E-state index contributed by atoms with van der Waals surface area (Å²) < 4.78 is 0. The van der Waals surface area contributed by atoms with Gasteiger partial charge in [-0.3, -0.25) is 4.79 Å². The molecule has 0 atom stereocenters. The van der Waals surface area contributed by atoms with Crippen molar-refractivity contribution in [1.82, 2.24) is 0 Å². The van der Waals surface area contributed by atoms with Gasteiger partial charge in [0.25, 0.3) is 0 Å². The maximum Gasteiger partial charge on any atom is 0.230 e. The third-order valence-electron chi connectivity index (χ3n) is 2.96. The van der Waals surface area contributed by atoms with Crippen LogP contribution < -0.4 is 34.0 Å². The van der Waals surface area contributed by atoms with E-state index in [0.29, 0.717) is 27.6 Å². The molecule has 0 aromatic heterocycles. The Balaban J connectivity index is 0.00000112. The molecule has 0 amide bonds. The molecule has 0 unspecified atom stereocenters. The third kappa shape index (κ3) is 5.78. The second-order valence-corrected chi connectivity index (χ2v) is 8.94. The average molecular weight is 392 g/mol. The smallest absolute Gasteiger partial charge is 0.230 e. The van der Waals surface area contributed by atoms with E-state index in [1.165, 1.54) is 48.7 Å². The summed E-state index contributed by atoms with van der Waals surface area (Å²) in [6.07, 6.45) is 5.51. The van der Waals surface area contributed by atoms with Crippen molar-refractivity contribution in [3.05, 3.63) is 0 Å². The van der Waals surface area contributed by atoms with Crippen molar-refractivity contribution >= 4 is 27.6 Å². The second-order valence-electron chi connectivity index (χ2n) is 4.28. The van der Waals surface area contributed by atoms with Crippen LogP contribution in [0.5, 0.6) is 0 Å². The second kappa shape index (κ2) is 9.29. The van der Waals surface area contributed by atoms with Crippen molar-refractivity contribution in [2.45, 2.75) is 25.7 Å². The molecule has 2 heterocycles. The fraction of sp³-hybridized carbons (Fsp3) is 0.909. The topological polar surface area (TPSA) is 17.1 Å². The molecule has 2 saturated heterocycles. The van der Waals surface area contributed by atoms with Crippen molar-refractivity contribution in [2.75, 3.05) is 34.5 Å². The zero-order valence-electron chi connectivity index (χ0n) is 9.55. The molecule has 2 fully saturated rings. The van der Waals surface area contributed by atoms with Gasteiger partial charge in [0.2, 0.25) is 5.78 Å². The maximum atomic E-state index is 11.8. The molecule has 0 aromatic rings. The summed E-state index contributed by atoms with van der Waals surface area (Å²) in [6.45, 7) is 0. The fourth-order valence-electron chi connectivity index (χ4n) is 2.21. The van der Waals surface area contributed by atoms with Gasteiger partial charge in [0.15, 0.2) is 11.5 Å². The summed E-state index contributed by atoms with van der Waals surface area (Å²) in [4.78, 5) is 11.8. The van der Waals surface area contributed by atoms with Crippen molar-refractivity contribution in [3.63, 3.8) is 0 Å². The Morgan fingerprint density at radius 2 is 1.06 bits per heavy atom. The first-order valence-corrected chi connectivity index (χ1v) is 9.11. The summed E-state index contributed by atoms with van der Waals surface area (Å²) >= 11 is 0. The van der Waals surface area contributed by atoms with Gasteiger partial charge in [-0.2, -0.15) is 0 Å². The molecule has 2 rings (SSSR count). The van der Waals surface area contributed by atoms with E-state index in [4.69, 9.17) is 0 Å². The Morgan fingerprint density at radius 1 is 0.750 bits per heavy atom. The number of ketones is 1. The van der Waals surface area contributed by atoms with Crippen molar-refractivity contribution in [1.29, 1.82) is 0 Å². The normalized spacial score (nSPS) is 21.5. The van der Waals surface area contributed by atoms with Crippen LogP contribution in [-0.2, 0) is 26.6 Å². The lowest BCUT2D eigenvalue weighted by molar-refractivity contribution is -0.114. The van der Waals surface area contributed by atoms with Crippen LogP contribution in [0.3, 0.4) is 0 Å². The van der Waals surface area contributed by atoms with Gasteiger partial charge in [0.1, 0.15) is 23.0 Å². The van der Waals surface area contributed by atoms with Crippen LogP contribution in [0.15, 0.2) is 0 Å². The summed E-state index contributed by atoms with van der Waals surface area (Å²) in [7, 11) is 0.995. The molecule has 0 radical (unpaired) electrons. The number of hydrogen-bond donors (Lipinski definition) is 0. The van der Waals surface area contributed by atoms with Gasteiger partial charge in [-0.05, 0) is 47.5 Å². The molecule has 0 aliphatic carbocycles. The van der Waals surface area contributed by atoms with Gasteiger partial charge in [-0.1, -0.05) is 0 Å². The van der Waals surface area contributed by atoms with Crippen LogP contribution in [-0.4, -0.2) is 40.3 Å². The summed E-state index contributed by atoms with van der Waals surface area (Å²) in [6, 6.07) is 0. The highest BCUT2D eigenvalue weighted by molar-refractivity contribution is 7.99. The Kier molecular flexibility index (Phi) is 10.1. The fourth-order valence-corrected chi connectivity index (χ4v) is 6.89. The van der Waals surface area contributed by atoms with Crippen molar-refractivity contribution in [3.8, 4) is 0 Å². The summed E-state index contributed by atoms with van der Waals surface area (Å²) in [5.74, 6) is 7.84.